The van der Waals surface area contributed by atoms with Crippen molar-refractivity contribution in [1.82, 2.24) is 24.8 Å². The van der Waals surface area contributed by atoms with Gasteiger partial charge >= 0.3 is 12.3 Å². The Kier molecular flexibility index (Phi) is 8.13. The Bertz CT molecular complexity index is 1060. The minimum absolute atomic E-state index is 0.0604. The monoisotopic (exact) mass is 510 g/mol. The van der Waals surface area contributed by atoms with Crippen LogP contribution in [0, 0.1) is 0 Å². The number of amides is 1. The van der Waals surface area contributed by atoms with Crippen LogP contribution in [0.15, 0.2) is 29.2 Å². The van der Waals surface area contributed by atoms with Gasteiger partial charge in [0.05, 0.1) is 6.26 Å². The van der Waals surface area contributed by atoms with Crippen LogP contribution in [0.2, 0.25) is 0 Å². The average molecular weight is 511 g/mol. The molecule has 1 fully saturated rings. The van der Waals surface area contributed by atoms with E-state index in [4.69, 9.17) is 9.15 Å². The lowest BCUT2D eigenvalue weighted by Crippen LogP contribution is -2.34. The molecular weight excluding hydrogens is 481 g/mol. The fourth-order valence-electron chi connectivity index (χ4n) is 3.87. The van der Waals surface area contributed by atoms with Crippen LogP contribution in [0.4, 0.5) is 41.6 Å². The highest BCUT2D eigenvalue weighted by Gasteiger charge is 2.35. The van der Waals surface area contributed by atoms with E-state index in [0.717, 1.165) is 26.2 Å². The van der Waals surface area contributed by atoms with E-state index in [0.29, 0.717) is 31.7 Å². The number of aromatic nitrogens is 3. The van der Waals surface area contributed by atoms with Gasteiger partial charge in [-0.3, -0.25) is 0 Å². The van der Waals surface area contributed by atoms with Crippen LogP contribution in [0.1, 0.15) is 24.8 Å². The molecule has 2 aliphatic heterocycles. The predicted octanol–water partition coefficient (Wildman–Crippen LogP) is 3.53. The van der Waals surface area contributed by atoms with Crippen LogP contribution >= 0.6 is 0 Å². The summed E-state index contributed by atoms with van der Waals surface area (Å²) in [6.07, 6.45) is 2.76. The first kappa shape index (κ1) is 25.5. The second kappa shape index (κ2) is 11.5. The normalized spacial score (nSPS) is 16.3. The first-order valence-electron chi connectivity index (χ1n) is 11.7. The maximum Gasteiger partial charge on any atom is 0.421 e. The molecule has 0 radical (unpaired) electrons. The summed E-state index contributed by atoms with van der Waals surface area (Å²) < 4.78 is 50.7. The van der Waals surface area contributed by atoms with Gasteiger partial charge in [0.25, 0.3) is 6.01 Å². The smallest absolute Gasteiger partial charge is 0.421 e. The van der Waals surface area contributed by atoms with E-state index in [-0.39, 0.29) is 24.1 Å². The Morgan fingerprint density at radius 3 is 2.75 bits per heavy atom. The molecule has 2 aromatic rings. The molecule has 0 saturated carbocycles. The lowest BCUT2D eigenvalue weighted by Gasteiger charge is -2.22. The summed E-state index contributed by atoms with van der Waals surface area (Å²) in [5.41, 5.74) is -0.990. The lowest BCUT2D eigenvalue weighted by molar-refractivity contribution is -0.137. The number of rotatable bonds is 11. The number of carbonyl (C=O) groups excluding carboxylic acids is 1. The van der Waals surface area contributed by atoms with Gasteiger partial charge in [-0.15, -0.1) is 0 Å². The van der Waals surface area contributed by atoms with Crippen LogP contribution < -0.4 is 15.5 Å². The Morgan fingerprint density at radius 2 is 2.00 bits per heavy atom. The summed E-state index contributed by atoms with van der Waals surface area (Å²) in [6, 6.07) is 0.382. The number of halogens is 3. The third kappa shape index (κ3) is 6.77. The molecule has 4 rings (SSSR count). The summed E-state index contributed by atoms with van der Waals surface area (Å²) in [4.78, 5) is 29.5. The molecule has 1 amide bonds. The van der Waals surface area contributed by atoms with Gasteiger partial charge in [0.1, 0.15) is 17.6 Å². The minimum Gasteiger partial charge on any atom is -0.430 e. The molecule has 0 bridgehead atoms. The van der Waals surface area contributed by atoms with Crippen molar-refractivity contribution in [3.63, 3.8) is 0 Å². The second-order valence-electron chi connectivity index (χ2n) is 8.55. The molecule has 2 aliphatic rings. The van der Waals surface area contributed by atoms with E-state index in [1.807, 2.05) is 11.9 Å². The molecule has 196 valence electrons. The molecule has 0 spiro atoms. The number of nitrogens with one attached hydrogen (secondary N) is 2. The Hall–Kier alpha value is -3.55. The largest absolute Gasteiger partial charge is 0.430 e. The SMILES string of the molecule is CN(CCN1CCCC1)c1nc(Nc2ncc(C(F)(F)F)c(NCCCN3CC=COC3=O)n2)co1. The van der Waals surface area contributed by atoms with Gasteiger partial charge < -0.3 is 34.5 Å². The maximum absolute atomic E-state index is 13.5. The number of likely N-dealkylation sites (N-methyl/N-ethyl adjacent to an activating group) is 1. The highest BCUT2D eigenvalue weighted by molar-refractivity contribution is 5.69. The van der Waals surface area contributed by atoms with Crippen molar-refractivity contribution in [2.45, 2.75) is 25.4 Å². The van der Waals surface area contributed by atoms with Crippen LogP contribution in [0.3, 0.4) is 0 Å². The molecule has 2 N–H and O–H groups in total. The number of alkyl halides is 3. The lowest BCUT2D eigenvalue weighted by atomic mass is 10.3. The van der Waals surface area contributed by atoms with Crippen LogP contribution in [-0.4, -0.2) is 83.7 Å². The number of anilines is 4. The van der Waals surface area contributed by atoms with Gasteiger partial charge in [0.15, 0.2) is 5.82 Å². The quantitative estimate of drug-likeness (QED) is 0.436. The highest BCUT2D eigenvalue weighted by atomic mass is 19.4. The van der Waals surface area contributed by atoms with E-state index in [1.54, 1.807) is 6.08 Å². The molecule has 0 aromatic carbocycles. The van der Waals surface area contributed by atoms with E-state index < -0.39 is 17.8 Å². The number of cyclic esters (lactones) is 1. The number of nitrogens with zero attached hydrogens (tertiary/aromatic N) is 6. The van der Waals surface area contributed by atoms with Crippen molar-refractivity contribution in [2.24, 2.45) is 0 Å². The zero-order chi connectivity index (χ0) is 25.5. The molecular formula is C22H29F3N8O3. The predicted molar refractivity (Wildman–Crippen MR) is 126 cm³/mol. The molecule has 36 heavy (non-hydrogen) atoms. The first-order valence-corrected chi connectivity index (χ1v) is 11.7. The number of oxazole rings is 1. The Morgan fingerprint density at radius 1 is 1.19 bits per heavy atom. The molecule has 4 heterocycles. The third-order valence-electron chi connectivity index (χ3n) is 5.85. The molecule has 11 nitrogen and oxygen atoms in total. The summed E-state index contributed by atoms with van der Waals surface area (Å²) in [5.74, 6) is -0.150. The molecule has 0 unspecified atom stereocenters. The van der Waals surface area contributed by atoms with Gasteiger partial charge in [0, 0.05) is 46.0 Å². The van der Waals surface area contributed by atoms with E-state index in [9.17, 15) is 18.0 Å². The number of ether oxygens (including phenoxy) is 1. The van der Waals surface area contributed by atoms with E-state index in [2.05, 4.69) is 30.5 Å². The Balaban J connectivity index is 1.35. The maximum atomic E-state index is 13.5. The zero-order valence-corrected chi connectivity index (χ0v) is 19.9. The summed E-state index contributed by atoms with van der Waals surface area (Å²) in [6.45, 7) is 4.68. The highest BCUT2D eigenvalue weighted by Crippen LogP contribution is 2.34. The standard InChI is InChI=1S/C22H29F3N8O3/c1-31(11-12-32-7-2-3-8-32)20-29-17(15-36-20)28-19-27-14-16(22(23,24)25)18(30-19)26-6-4-9-33-10-5-13-35-21(33)34/h5,13-15H,2-4,6-12H2,1H3,(H2,26,27,28,30). The molecule has 0 aliphatic carbocycles. The Labute approximate surface area is 206 Å². The van der Waals surface area contributed by atoms with Gasteiger partial charge in [-0.25, -0.2) is 9.78 Å². The molecule has 2 aromatic heterocycles. The van der Waals surface area contributed by atoms with Gasteiger partial charge in [-0.05, 0) is 38.4 Å². The van der Waals surface area contributed by atoms with Crippen molar-refractivity contribution in [2.75, 3.05) is 68.4 Å². The molecule has 0 atom stereocenters. The molecule has 14 heteroatoms. The van der Waals surface area contributed by atoms with Crippen molar-refractivity contribution < 1.29 is 27.1 Å². The van der Waals surface area contributed by atoms with Crippen molar-refractivity contribution in [1.29, 1.82) is 0 Å². The number of carbonyl (C=O) groups is 1. The minimum atomic E-state index is -4.64. The zero-order valence-electron chi connectivity index (χ0n) is 19.9. The summed E-state index contributed by atoms with van der Waals surface area (Å²) in [7, 11) is 1.86. The van der Waals surface area contributed by atoms with Crippen LogP contribution in [0.25, 0.3) is 0 Å². The van der Waals surface area contributed by atoms with Crippen LogP contribution in [-0.2, 0) is 10.9 Å². The first-order chi connectivity index (χ1) is 17.3. The van der Waals surface area contributed by atoms with Crippen LogP contribution in [0.5, 0.6) is 0 Å². The number of hydrogen-bond donors (Lipinski definition) is 2. The summed E-state index contributed by atoms with van der Waals surface area (Å²) >= 11 is 0. The summed E-state index contributed by atoms with van der Waals surface area (Å²) in [5, 5.41) is 5.50. The second-order valence-corrected chi connectivity index (χ2v) is 8.55. The third-order valence-corrected chi connectivity index (χ3v) is 5.85. The molecule has 1 saturated heterocycles. The average Bonchev–Trinajstić information content (AvgIpc) is 3.53. The van der Waals surface area contributed by atoms with E-state index in [1.165, 1.54) is 30.3 Å². The number of likely N-dealkylation sites (tertiary alicyclic amines) is 1. The number of hydrogen-bond acceptors (Lipinski definition) is 10. The van der Waals surface area contributed by atoms with Crippen molar-refractivity contribution in [3.05, 3.63) is 30.4 Å². The van der Waals surface area contributed by atoms with E-state index >= 15 is 0 Å². The fourth-order valence-corrected chi connectivity index (χ4v) is 3.87. The van der Waals surface area contributed by atoms with Gasteiger partial charge in [-0.1, -0.05) is 0 Å². The van der Waals surface area contributed by atoms with Gasteiger partial charge in [-0.2, -0.15) is 23.1 Å². The fraction of sp³-hybridized carbons (Fsp3) is 0.545. The van der Waals surface area contributed by atoms with Gasteiger partial charge in [0.2, 0.25) is 5.95 Å². The van der Waals surface area contributed by atoms with Crippen molar-refractivity contribution in [3.8, 4) is 0 Å². The van der Waals surface area contributed by atoms with Crippen molar-refractivity contribution >= 4 is 29.7 Å². The topological polar surface area (TPSA) is 112 Å².